The Morgan fingerprint density at radius 1 is 1.03 bits per heavy atom. The van der Waals surface area contributed by atoms with E-state index in [1.165, 1.54) is 18.5 Å². The zero-order valence-corrected chi connectivity index (χ0v) is 18.3. The Bertz CT molecular complexity index is 1500. The number of aryl methyl sites for hydroxylation is 1. The van der Waals surface area contributed by atoms with E-state index in [1.54, 1.807) is 25.3 Å². The maximum Gasteiger partial charge on any atom is 0.259 e. The van der Waals surface area contributed by atoms with E-state index in [-0.39, 0.29) is 17.4 Å². The summed E-state index contributed by atoms with van der Waals surface area (Å²) in [5.74, 6) is 0.791. The lowest BCUT2D eigenvalue weighted by Gasteiger charge is -2.21. The second-order valence-corrected chi connectivity index (χ2v) is 7.66. The van der Waals surface area contributed by atoms with Gasteiger partial charge < -0.3 is 21.3 Å². The Morgan fingerprint density at radius 2 is 1.88 bits per heavy atom. The Kier molecular flexibility index (Phi) is 5.21. The first-order valence-electron chi connectivity index (χ1n) is 10.4. The lowest BCUT2D eigenvalue weighted by Crippen LogP contribution is -2.15. The molecule has 0 saturated carbocycles. The van der Waals surface area contributed by atoms with Crippen LogP contribution in [0.3, 0.4) is 0 Å². The predicted molar refractivity (Wildman–Crippen MR) is 126 cm³/mol. The molecule has 0 unspecified atom stereocenters. The Balaban J connectivity index is 1.80. The molecule has 170 valence electrons. The maximum atomic E-state index is 14.3. The molecule has 10 nitrogen and oxygen atoms in total. The number of hydrogen-bond donors (Lipinski definition) is 3. The average molecular weight is 457 g/mol. The topological polar surface area (TPSA) is 155 Å². The lowest BCUT2D eigenvalue weighted by atomic mass is 9.94. The highest BCUT2D eigenvalue weighted by molar-refractivity contribution is 6.01. The molecule has 0 bridgehead atoms. The number of hydrogen-bond acceptors (Lipinski definition) is 10. The monoisotopic (exact) mass is 457 g/mol. The minimum atomic E-state index is -0.425. The molecule has 11 heteroatoms. The highest BCUT2D eigenvalue weighted by atomic mass is 19.1. The van der Waals surface area contributed by atoms with Crippen molar-refractivity contribution in [3.05, 3.63) is 66.3 Å². The van der Waals surface area contributed by atoms with Gasteiger partial charge in [0.25, 0.3) is 5.89 Å². The van der Waals surface area contributed by atoms with Crippen molar-refractivity contribution in [2.45, 2.75) is 19.9 Å². The SMILES string of the molecule is Cc1noc(-c2c(-c3ccccn3)c([C@H](C)Nc3ncnc(N)c3N)nc3ccc(F)cc23)n1. The predicted octanol–water partition coefficient (Wildman–Crippen LogP) is 3.92. The second kappa shape index (κ2) is 8.35. The van der Waals surface area contributed by atoms with Crippen LogP contribution in [0.5, 0.6) is 0 Å². The Hall–Kier alpha value is -4.67. The number of nitrogens with one attached hydrogen (secondary N) is 1. The molecule has 0 spiro atoms. The highest BCUT2D eigenvalue weighted by Crippen LogP contribution is 2.41. The first-order valence-corrected chi connectivity index (χ1v) is 10.4. The van der Waals surface area contributed by atoms with Gasteiger partial charge in [0.15, 0.2) is 17.5 Å². The number of nitrogen functional groups attached to an aromatic ring is 2. The molecule has 1 atom stereocenters. The van der Waals surface area contributed by atoms with Crippen molar-refractivity contribution in [2.24, 2.45) is 0 Å². The van der Waals surface area contributed by atoms with Crippen LogP contribution in [-0.2, 0) is 0 Å². The molecule has 0 aliphatic rings. The lowest BCUT2D eigenvalue weighted by molar-refractivity contribution is 0.426. The Labute approximate surface area is 193 Å². The van der Waals surface area contributed by atoms with Gasteiger partial charge in [-0.2, -0.15) is 4.98 Å². The van der Waals surface area contributed by atoms with Crippen molar-refractivity contribution in [3.8, 4) is 22.7 Å². The molecule has 1 aromatic carbocycles. The van der Waals surface area contributed by atoms with Crippen LogP contribution in [0.2, 0.25) is 0 Å². The summed E-state index contributed by atoms with van der Waals surface area (Å²) in [6.45, 7) is 3.61. The third-order valence-corrected chi connectivity index (χ3v) is 5.32. The van der Waals surface area contributed by atoms with E-state index in [1.807, 2.05) is 19.1 Å². The number of fused-ring (bicyclic) bond motifs is 1. The van der Waals surface area contributed by atoms with Crippen LogP contribution in [-0.4, -0.2) is 30.1 Å². The van der Waals surface area contributed by atoms with E-state index in [4.69, 9.17) is 21.0 Å². The van der Waals surface area contributed by atoms with Gasteiger partial charge in [0, 0.05) is 17.1 Å². The number of rotatable bonds is 5. The zero-order valence-electron chi connectivity index (χ0n) is 18.3. The van der Waals surface area contributed by atoms with Gasteiger partial charge >= 0.3 is 0 Å². The van der Waals surface area contributed by atoms with Gasteiger partial charge in [0.1, 0.15) is 17.8 Å². The van der Waals surface area contributed by atoms with Gasteiger partial charge in [-0.25, -0.2) is 19.3 Å². The summed E-state index contributed by atoms with van der Waals surface area (Å²) in [4.78, 5) is 21.9. The van der Waals surface area contributed by atoms with Gasteiger partial charge in [0.2, 0.25) is 0 Å². The molecule has 5 rings (SSSR count). The van der Waals surface area contributed by atoms with Gasteiger partial charge in [-0.3, -0.25) is 4.98 Å². The summed E-state index contributed by atoms with van der Waals surface area (Å²) in [6, 6.07) is 9.42. The molecule has 4 aromatic heterocycles. The molecule has 0 aliphatic carbocycles. The van der Waals surface area contributed by atoms with E-state index in [2.05, 4.69) is 30.4 Å². The number of benzene rings is 1. The molecule has 0 fully saturated rings. The van der Waals surface area contributed by atoms with Crippen LogP contribution in [0.4, 0.5) is 21.7 Å². The van der Waals surface area contributed by atoms with E-state index in [9.17, 15) is 4.39 Å². The third-order valence-electron chi connectivity index (χ3n) is 5.32. The summed E-state index contributed by atoms with van der Waals surface area (Å²) in [6.07, 6.45) is 2.99. The van der Waals surface area contributed by atoms with Crippen molar-refractivity contribution in [1.29, 1.82) is 0 Å². The van der Waals surface area contributed by atoms with E-state index < -0.39 is 11.9 Å². The largest absolute Gasteiger partial charge is 0.393 e. The fourth-order valence-electron chi connectivity index (χ4n) is 3.76. The van der Waals surface area contributed by atoms with Gasteiger partial charge in [-0.1, -0.05) is 11.2 Å². The fraction of sp³-hybridized carbons (Fsp3) is 0.130. The Morgan fingerprint density at radius 3 is 2.62 bits per heavy atom. The molecule has 0 radical (unpaired) electrons. The van der Waals surface area contributed by atoms with Gasteiger partial charge in [-0.05, 0) is 44.2 Å². The summed E-state index contributed by atoms with van der Waals surface area (Å²) in [7, 11) is 0. The normalized spacial score (nSPS) is 12.1. The van der Waals surface area contributed by atoms with Crippen LogP contribution in [0.25, 0.3) is 33.6 Å². The molecular weight excluding hydrogens is 437 g/mol. The van der Waals surface area contributed by atoms with Crippen LogP contribution in [0.15, 0.2) is 53.4 Å². The summed E-state index contributed by atoms with van der Waals surface area (Å²) >= 11 is 0. The number of nitrogens with zero attached hydrogens (tertiary/aromatic N) is 6. The minimum absolute atomic E-state index is 0.165. The van der Waals surface area contributed by atoms with Crippen molar-refractivity contribution in [3.63, 3.8) is 0 Å². The van der Waals surface area contributed by atoms with Crippen molar-refractivity contribution in [1.82, 2.24) is 30.1 Å². The zero-order chi connectivity index (χ0) is 23.8. The van der Waals surface area contributed by atoms with Crippen molar-refractivity contribution < 1.29 is 8.91 Å². The molecule has 0 aliphatic heterocycles. The number of pyridine rings is 2. The summed E-state index contributed by atoms with van der Waals surface area (Å²) in [5, 5.41) is 7.71. The second-order valence-electron chi connectivity index (χ2n) is 7.66. The summed E-state index contributed by atoms with van der Waals surface area (Å²) in [5.41, 5.74) is 15.0. The molecule has 0 amide bonds. The average Bonchev–Trinajstić information content (AvgIpc) is 3.27. The summed E-state index contributed by atoms with van der Waals surface area (Å²) < 4.78 is 19.9. The number of nitrogens with two attached hydrogens (primary N) is 2. The first kappa shape index (κ1) is 21.2. The van der Waals surface area contributed by atoms with E-state index >= 15 is 0 Å². The van der Waals surface area contributed by atoms with E-state index in [0.717, 1.165) is 0 Å². The first-order chi connectivity index (χ1) is 16.4. The number of anilines is 3. The van der Waals surface area contributed by atoms with Crippen molar-refractivity contribution in [2.75, 3.05) is 16.8 Å². The highest BCUT2D eigenvalue weighted by Gasteiger charge is 2.26. The fourth-order valence-corrected chi connectivity index (χ4v) is 3.76. The number of aromatic nitrogens is 6. The molecule has 34 heavy (non-hydrogen) atoms. The van der Waals surface area contributed by atoms with Gasteiger partial charge in [-0.15, -0.1) is 0 Å². The third kappa shape index (κ3) is 3.72. The van der Waals surface area contributed by atoms with Gasteiger partial charge in [0.05, 0.1) is 28.5 Å². The number of halogens is 1. The quantitative estimate of drug-likeness (QED) is 0.353. The molecule has 4 heterocycles. The molecule has 5 N–H and O–H groups in total. The van der Waals surface area contributed by atoms with Crippen LogP contribution in [0, 0.1) is 12.7 Å². The van der Waals surface area contributed by atoms with Crippen molar-refractivity contribution >= 4 is 28.2 Å². The molecule has 5 aromatic rings. The molecule has 0 saturated heterocycles. The molecular formula is C23H20FN9O. The smallest absolute Gasteiger partial charge is 0.259 e. The standard InChI is InChI=1S/C23H20FN9O/c1-11(30-22-19(25)21(26)28-10-29-22)20-18(16-5-3-4-8-27-16)17(23-31-12(2)33-34-23)14-9-13(24)6-7-15(14)32-20/h3-11H,25H2,1-2H3,(H3,26,28,29,30)/t11-/m0/s1. The van der Waals surface area contributed by atoms with Crippen LogP contribution >= 0.6 is 0 Å². The maximum absolute atomic E-state index is 14.3. The van der Waals surface area contributed by atoms with Crippen LogP contribution in [0.1, 0.15) is 24.5 Å². The minimum Gasteiger partial charge on any atom is -0.393 e. The van der Waals surface area contributed by atoms with E-state index in [0.29, 0.717) is 45.1 Å². The van der Waals surface area contributed by atoms with Crippen LogP contribution < -0.4 is 16.8 Å².